The number of hydrogen-bond donors (Lipinski definition) is 7. The Kier molecular flexibility index (Phi) is 8.47. The Morgan fingerprint density at radius 1 is 0.955 bits per heavy atom. The Bertz CT molecular complexity index is 1780. The zero-order valence-electron chi connectivity index (χ0n) is 23.0. The highest BCUT2D eigenvalue weighted by Gasteiger charge is 2.49. The number of aromatic hydroxyl groups is 4. The highest BCUT2D eigenvalue weighted by Crippen LogP contribution is 2.45. The van der Waals surface area contributed by atoms with Gasteiger partial charge >= 0.3 is 5.97 Å². The van der Waals surface area contributed by atoms with Crippen LogP contribution in [0.25, 0.3) is 28.4 Å². The third-order valence-corrected chi connectivity index (χ3v) is 7.18. The van der Waals surface area contributed by atoms with Crippen molar-refractivity contribution in [3.63, 3.8) is 0 Å². The summed E-state index contributed by atoms with van der Waals surface area (Å²) in [6, 6.07) is 12.2. The molecular formula is C31H28O13. The smallest absolute Gasteiger partial charge is 0.331 e. The molecule has 2 heterocycles. The number of aliphatic hydroxyl groups excluding tert-OH is 3. The third kappa shape index (κ3) is 5.76. The normalized spacial score (nSPS) is 21.9. The first-order chi connectivity index (χ1) is 21.0. The van der Waals surface area contributed by atoms with Crippen LogP contribution in [0.2, 0.25) is 0 Å². The maximum Gasteiger partial charge on any atom is 0.331 e. The fourth-order valence-electron chi connectivity index (χ4n) is 4.94. The van der Waals surface area contributed by atoms with E-state index in [1.54, 1.807) is 0 Å². The van der Waals surface area contributed by atoms with Crippen molar-refractivity contribution in [1.82, 2.24) is 0 Å². The molecule has 1 aliphatic heterocycles. The molecule has 0 radical (unpaired) electrons. The van der Waals surface area contributed by atoms with Gasteiger partial charge in [0.15, 0.2) is 23.0 Å². The van der Waals surface area contributed by atoms with Crippen LogP contribution < -0.4 is 10.2 Å². The molecule has 1 aliphatic rings. The van der Waals surface area contributed by atoms with Crippen molar-refractivity contribution < 1.29 is 59.2 Å². The minimum atomic E-state index is -1.86. The van der Waals surface area contributed by atoms with E-state index in [2.05, 4.69) is 0 Å². The summed E-state index contributed by atoms with van der Waals surface area (Å²) < 4.78 is 21.9. The van der Waals surface area contributed by atoms with Gasteiger partial charge in [0, 0.05) is 23.8 Å². The van der Waals surface area contributed by atoms with Crippen molar-refractivity contribution >= 4 is 23.0 Å². The van der Waals surface area contributed by atoms with E-state index in [-0.39, 0.29) is 34.0 Å². The van der Waals surface area contributed by atoms with Crippen molar-refractivity contribution in [2.45, 2.75) is 30.5 Å². The van der Waals surface area contributed by atoms with Crippen LogP contribution in [0.3, 0.4) is 0 Å². The van der Waals surface area contributed by atoms with E-state index in [9.17, 15) is 45.3 Å². The van der Waals surface area contributed by atoms with Crippen molar-refractivity contribution in [2.75, 3.05) is 13.7 Å². The lowest BCUT2D eigenvalue weighted by molar-refractivity contribution is -0.240. The zero-order chi connectivity index (χ0) is 31.7. The highest BCUT2D eigenvalue weighted by molar-refractivity contribution is 5.89. The number of methoxy groups -OCH3 is 1. The molecule has 0 saturated carbocycles. The first-order valence-electron chi connectivity index (χ1n) is 13.2. The molecule has 13 nitrogen and oxygen atoms in total. The summed E-state index contributed by atoms with van der Waals surface area (Å²) in [7, 11) is 1.35. The number of ether oxygens (including phenoxy) is 3. The Morgan fingerprint density at radius 3 is 2.36 bits per heavy atom. The largest absolute Gasteiger partial charge is 0.508 e. The molecule has 230 valence electrons. The van der Waals surface area contributed by atoms with Gasteiger partial charge in [0.25, 0.3) is 0 Å². The second-order valence-electron chi connectivity index (χ2n) is 9.98. The van der Waals surface area contributed by atoms with Crippen LogP contribution in [-0.2, 0) is 14.3 Å². The van der Waals surface area contributed by atoms with Gasteiger partial charge in [-0.15, -0.1) is 0 Å². The zero-order valence-corrected chi connectivity index (χ0v) is 23.0. The monoisotopic (exact) mass is 608 g/mol. The molecule has 13 heteroatoms. The first kappa shape index (κ1) is 30.4. The summed E-state index contributed by atoms with van der Waals surface area (Å²) in [6.45, 7) is -0.786. The molecule has 5 atom stereocenters. The maximum atomic E-state index is 13.1. The molecular weight excluding hydrogens is 580 g/mol. The topological polar surface area (TPSA) is 217 Å². The van der Waals surface area contributed by atoms with Gasteiger partial charge in [-0.3, -0.25) is 4.79 Å². The van der Waals surface area contributed by atoms with Gasteiger partial charge in [0.05, 0.1) is 19.3 Å². The van der Waals surface area contributed by atoms with Crippen molar-refractivity contribution in [3.05, 3.63) is 82.0 Å². The molecule has 0 amide bonds. The molecule has 0 unspecified atom stereocenters. The Morgan fingerprint density at radius 2 is 1.68 bits per heavy atom. The summed E-state index contributed by atoms with van der Waals surface area (Å²) in [5, 5.41) is 72.3. The number of phenolic OH excluding ortho intramolecular Hbond substituents is 4. The number of benzene rings is 3. The van der Waals surface area contributed by atoms with Crippen LogP contribution in [0.1, 0.15) is 17.2 Å². The van der Waals surface area contributed by atoms with Gasteiger partial charge in [-0.05, 0) is 48.0 Å². The Labute approximate surface area is 248 Å². The van der Waals surface area contributed by atoms with Crippen LogP contribution in [0.5, 0.6) is 28.7 Å². The van der Waals surface area contributed by atoms with E-state index in [1.165, 1.54) is 55.7 Å². The van der Waals surface area contributed by atoms with Gasteiger partial charge in [-0.2, -0.15) is 0 Å². The van der Waals surface area contributed by atoms with E-state index < -0.39 is 65.6 Å². The van der Waals surface area contributed by atoms with E-state index in [4.69, 9.17) is 18.6 Å². The average Bonchev–Trinajstić information content (AvgIpc) is 2.99. The predicted octanol–water partition coefficient (Wildman–Crippen LogP) is 2.07. The number of hydrogen-bond acceptors (Lipinski definition) is 13. The van der Waals surface area contributed by atoms with Crippen LogP contribution in [-0.4, -0.2) is 79.8 Å². The minimum absolute atomic E-state index is 0.0101. The second kappa shape index (κ2) is 12.3. The lowest BCUT2D eigenvalue weighted by Crippen LogP contribution is -2.56. The molecule has 0 aliphatic carbocycles. The van der Waals surface area contributed by atoms with Crippen molar-refractivity contribution in [2.24, 2.45) is 0 Å². The van der Waals surface area contributed by atoms with E-state index in [0.29, 0.717) is 11.1 Å². The number of carbonyl (C=O) groups is 1. The van der Waals surface area contributed by atoms with Gasteiger partial charge in [0.2, 0.25) is 0 Å². The predicted molar refractivity (Wildman–Crippen MR) is 153 cm³/mol. The fourth-order valence-corrected chi connectivity index (χ4v) is 4.94. The van der Waals surface area contributed by atoms with Gasteiger partial charge in [-0.1, -0.05) is 6.07 Å². The van der Waals surface area contributed by atoms with Crippen LogP contribution in [0.15, 0.2) is 69.9 Å². The number of aliphatic hydroxyl groups is 3. The Balaban J connectivity index is 1.52. The first-order valence-corrected chi connectivity index (χ1v) is 13.2. The molecule has 7 N–H and O–H groups in total. The lowest BCUT2D eigenvalue weighted by atomic mass is 9.89. The summed E-state index contributed by atoms with van der Waals surface area (Å²) in [5.41, 5.74) is -0.526. The second-order valence-corrected chi connectivity index (χ2v) is 9.98. The number of fused-ring (bicyclic) bond motifs is 1. The highest BCUT2D eigenvalue weighted by atomic mass is 16.6. The van der Waals surface area contributed by atoms with Crippen LogP contribution >= 0.6 is 0 Å². The fraction of sp³-hybridized carbons (Fsp3) is 0.226. The molecule has 44 heavy (non-hydrogen) atoms. The summed E-state index contributed by atoms with van der Waals surface area (Å²) in [5.74, 6) is -2.40. The van der Waals surface area contributed by atoms with Crippen molar-refractivity contribution in [3.8, 4) is 40.1 Å². The number of esters is 1. The number of phenols is 4. The maximum absolute atomic E-state index is 13.1. The summed E-state index contributed by atoms with van der Waals surface area (Å²) >= 11 is 0. The molecule has 4 aromatic rings. The minimum Gasteiger partial charge on any atom is -0.508 e. The van der Waals surface area contributed by atoms with E-state index in [1.807, 2.05) is 0 Å². The molecule has 1 aromatic heterocycles. The van der Waals surface area contributed by atoms with Gasteiger partial charge < -0.3 is 54.4 Å². The quantitative estimate of drug-likeness (QED) is 0.118. The molecule has 1 fully saturated rings. The summed E-state index contributed by atoms with van der Waals surface area (Å²) in [6.07, 6.45) is -6.12. The number of rotatable bonds is 7. The van der Waals surface area contributed by atoms with Crippen molar-refractivity contribution in [1.29, 1.82) is 0 Å². The molecule has 0 bridgehead atoms. The lowest BCUT2D eigenvalue weighted by Gasteiger charge is -2.42. The standard InChI is InChI=1S/C31H28O13/c1-41-21-10-14(2-8-17(21)34)3-9-24(37)44-31-29(40)27(38)23(13-32)43-30(31)26-19(36)12-22-25(28(26)39)18(35)11-20(42-22)15-4-6-16(33)7-5-15/h2-12,23,27,29-34,36,38-40H,13H2,1H3/b9-3+/t23-,27-,29+,30+,31-/m1/s1. The van der Waals surface area contributed by atoms with Crippen LogP contribution in [0, 0.1) is 0 Å². The molecule has 3 aromatic carbocycles. The average molecular weight is 609 g/mol. The molecule has 5 rings (SSSR count). The van der Waals surface area contributed by atoms with Crippen LogP contribution in [0.4, 0.5) is 0 Å². The molecule has 0 spiro atoms. The van der Waals surface area contributed by atoms with E-state index in [0.717, 1.165) is 18.2 Å². The van der Waals surface area contributed by atoms with Gasteiger partial charge in [-0.25, -0.2) is 4.79 Å². The SMILES string of the molecule is COc1cc(/C=C/C(=O)O[C@@H]2[C@@H](O)[C@H](O)[C@@H](CO)O[C@H]2c2c(O)cc3oc(-c4ccc(O)cc4)cc(=O)c3c2O)ccc1O. The summed E-state index contributed by atoms with van der Waals surface area (Å²) in [4.78, 5) is 26.0. The number of carbonyl (C=O) groups excluding carboxylic acids is 1. The third-order valence-electron chi connectivity index (χ3n) is 7.18. The van der Waals surface area contributed by atoms with E-state index >= 15 is 0 Å². The Hall–Kier alpha value is -5.08. The van der Waals surface area contributed by atoms with Gasteiger partial charge in [0.1, 0.15) is 58.4 Å². The molecule has 1 saturated heterocycles.